The van der Waals surface area contributed by atoms with Crippen LogP contribution in [-0.4, -0.2) is 12.5 Å². The van der Waals surface area contributed by atoms with E-state index in [9.17, 15) is 18.0 Å². The zero-order valence-electron chi connectivity index (χ0n) is 12.6. The topological polar surface area (TPSA) is 29.1 Å². The van der Waals surface area contributed by atoms with Gasteiger partial charge >= 0.3 is 6.18 Å². The number of carbonyl (C=O) groups is 1. The summed E-state index contributed by atoms with van der Waals surface area (Å²) in [4.78, 5) is 12.4. The van der Waals surface area contributed by atoms with Gasteiger partial charge in [0.05, 0.1) is 16.5 Å². The average Bonchev–Trinajstić information content (AvgIpc) is 2.55. The van der Waals surface area contributed by atoms with Gasteiger partial charge in [0.25, 0.3) is 0 Å². The van der Waals surface area contributed by atoms with E-state index in [0.717, 1.165) is 11.6 Å². The molecule has 1 amide bonds. The lowest BCUT2D eigenvalue weighted by Gasteiger charge is -2.32. The number of carbonyl (C=O) groups excluding carboxylic acids is 1. The van der Waals surface area contributed by atoms with Crippen LogP contribution < -0.4 is 5.32 Å². The van der Waals surface area contributed by atoms with Crippen LogP contribution in [0.25, 0.3) is 0 Å². The Morgan fingerprint density at radius 3 is 2.42 bits per heavy atom. The van der Waals surface area contributed by atoms with Crippen molar-refractivity contribution in [3.8, 4) is 0 Å². The summed E-state index contributed by atoms with van der Waals surface area (Å²) in [6, 6.07) is 13.0. The first-order chi connectivity index (χ1) is 11.4. The van der Waals surface area contributed by atoms with Gasteiger partial charge in [0.2, 0.25) is 5.91 Å². The molecule has 0 spiro atoms. The molecule has 0 saturated carbocycles. The summed E-state index contributed by atoms with van der Waals surface area (Å²) >= 11 is 5.70. The maximum Gasteiger partial charge on any atom is 0.417 e. The highest BCUT2D eigenvalue weighted by Crippen LogP contribution is 2.42. The molecule has 1 saturated heterocycles. The summed E-state index contributed by atoms with van der Waals surface area (Å²) in [6.45, 7) is 0.441. The van der Waals surface area contributed by atoms with Crippen molar-refractivity contribution in [3.05, 3.63) is 70.2 Å². The molecule has 126 valence electrons. The lowest BCUT2D eigenvalue weighted by molar-refractivity contribution is -0.137. The Bertz CT molecular complexity index is 746. The van der Waals surface area contributed by atoms with Crippen LogP contribution in [0, 0.1) is 0 Å². The minimum Gasteiger partial charge on any atom is -0.356 e. The first-order valence-electron chi connectivity index (χ1n) is 7.57. The van der Waals surface area contributed by atoms with E-state index in [2.05, 4.69) is 5.32 Å². The van der Waals surface area contributed by atoms with Crippen molar-refractivity contribution in [1.29, 1.82) is 0 Å². The molecule has 3 rings (SSSR count). The fourth-order valence-corrected chi connectivity index (χ4v) is 3.43. The molecule has 0 aromatic heterocycles. The van der Waals surface area contributed by atoms with E-state index in [0.29, 0.717) is 18.5 Å². The molecule has 0 aliphatic carbocycles. The quantitative estimate of drug-likeness (QED) is 0.829. The zero-order chi connectivity index (χ0) is 17.3. The standard InChI is InChI=1S/C18H15ClF3NO/c19-15-7-6-12(10-14(15)18(20,21)22)13-8-9-23-17(24)16(13)11-4-2-1-3-5-11/h1-7,10,13,16H,8-9H2,(H,23,24). The molecular formula is C18H15ClF3NO. The molecule has 2 unspecified atom stereocenters. The first-order valence-corrected chi connectivity index (χ1v) is 7.95. The number of alkyl halides is 3. The van der Waals surface area contributed by atoms with Crippen molar-refractivity contribution in [2.75, 3.05) is 6.54 Å². The molecule has 1 aliphatic rings. The van der Waals surface area contributed by atoms with E-state index in [4.69, 9.17) is 11.6 Å². The van der Waals surface area contributed by atoms with Crippen molar-refractivity contribution < 1.29 is 18.0 Å². The summed E-state index contributed by atoms with van der Waals surface area (Å²) < 4.78 is 39.4. The van der Waals surface area contributed by atoms with Crippen LogP contribution in [0.5, 0.6) is 0 Å². The highest BCUT2D eigenvalue weighted by molar-refractivity contribution is 6.31. The van der Waals surface area contributed by atoms with E-state index in [1.165, 1.54) is 6.07 Å². The molecule has 1 heterocycles. The minimum absolute atomic E-state index is 0.166. The van der Waals surface area contributed by atoms with Gasteiger partial charge in [0.1, 0.15) is 0 Å². The molecule has 2 aromatic carbocycles. The maximum absolute atomic E-state index is 13.1. The molecule has 6 heteroatoms. The van der Waals surface area contributed by atoms with Gasteiger partial charge in [-0.25, -0.2) is 0 Å². The van der Waals surface area contributed by atoms with Gasteiger partial charge in [-0.05, 0) is 29.7 Å². The Hall–Kier alpha value is -2.01. The zero-order valence-corrected chi connectivity index (χ0v) is 13.4. The molecule has 1 aliphatic heterocycles. The van der Waals surface area contributed by atoms with Crippen molar-refractivity contribution in [2.45, 2.75) is 24.4 Å². The van der Waals surface area contributed by atoms with Crippen LogP contribution in [0.3, 0.4) is 0 Å². The van der Waals surface area contributed by atoms with Crippen LogP contribution in [0.1, 0.15) is 34.9 Å². The van der Waals surface area contributed by atoms with Gasteiger partial charge in [0, 0.05) is 12.5 Å². The first kappa shape index (κ1) is 16.8. The number of benzene rings is 2. The third-order valence-corrected chi connectivity index (χ3v) is 4.65. The second-order valence-corrected chi connectivity index (χ2v) is 6.22. The van der Waals surface area contributed by atoms with E-state index in [1.54, 1.807) is 6.07 Å². The largest absolute Gasteiger partial charge is 0.417 e. The molecule has 2 atom stereocenters. The summed E-state index contributed by atoms with van der Waals surface area (Å²) in [7, 11) is 0. The van der Waals surface area contributed by atoms with Crippen molar-refractivity contribution in [2.24, 2.45) is 0 Å². The third-order valence-electron chi connectivity index (χ3n) is 4.32. The predicted octanol–water partition coefficient (Wildman–Crippen LogP) is 4.75. The number of nitrogens with one attached hydrogen (secondary N) is 1. The summed E-state index contributed by atoms with van der Waals surface area (Å²) in [6.07, 6.45) is -3.95. The van der Waals surface area contributed by atoms with Gasteiger partial charge in [-0.3, -0.25) is 4.79 Å². The van der Waals surface area contributed by atoms with Gasteiger partial charge in [-0.15, -0.1) is 0 Å². The van der Waals surface area contributed by atoms with Gasteiger partial charge < -0.3 is 5.32 Å². The molecule has 24 heavy (non-hydrogen) atoms. The summed E-state index contributed by atoms with van der Waals surface area (Å²) in [5, 5.41) is 2.47. The Labute approximate surface area is 142 Å². The van der Waals surface area contributed by atoms with Crippen molar-refractivity contribution in [3.63, 3.8) is 0 Å². The molecular weight excluding hydrogens is 339 g/mol. The molecule has 2 nitrogen and oxygen atoms in total. The normalized spacial score (nSPS) is 21.4. The Morgan fingerprint density at radius 2 is 1.75 bits per heavy atom. The Balaban J connectivity index is 2.04. The third kappa shape index (κ3) is 3.26. The fourth-order valence-electron chi connectivity index (χ4n) is 3.20. The highest BCUT2D eigenvalue weighted by atomic mass is 35.5. The average molecular weight is 354 g/mol. The highest BCUT2D eigenvalue weighted by Gasteiger charge is 2.37. The molecule has 2 aromatic rings. The number of amides is 1. The van der Waals surface area contributed by atoms with Crippen molar-refractivity contribution >= 4 is 17.5 Å². The summed E-state index contributed by atoms with van der Waals surface area (Å²) in [5.74, 6) is -0.998. The predicted molar refractivity (Wildman–Crippen MR) is 86.0 cm³/mol. The Morgan fingerprint density at radius 1 is 1.04 bits per heavy atom. The van der Waals surface area contributed by atoms with E-state index >= 15 is 0 Å². The Kier molecular flexibility index (Phi) is 4.54. The smallest absolute Gasteiger partial charge is 0.356 e. The molecule has 1 N–H and O–H groups in total. The number of rotatable bonds is 2. The van der Waals surface area contributed by atoms with E-state index < -0.39 is 17.7 Å². The monoisotopic (exact) mass is 353 g/mol. The van der Waals surface area contributed by atoms with Crippen LogP contribution in [0.15, 0.2) is 48.5 Å². The SMILES string of the molecule is O=C1NCCC(c2ccc(Cl)c(C(F)(F)F)c2)C1c1ccccc1. The summed E-state index contributed by atoms with van der Waals surface area (Å²) in [5.41, 5.74) is 0.415. The molecule has 1 fully saturated rings. The van der Waals surface area contributed by atoms with Crippen LogP contribution >= 0.6 is 11.6 Å². The van der Waals surface area contributed by atoms with Crippen molar-refractivity contribution in [1.82, 2.24) is 5.32 Å². The molecule has 0 bridgehead atoms. The second kappa shape index (κ2) is 6.48. The van der Waals surface area contributed by atoms with Gasteiger partial charge in [-0.2, -0.15) is 13.2 Å². The second-order valence-electron chi connectivity index (χ2n) is 5.81. The lowest BCUT2D eigenvalue weighted by atomic mass is 9.76. The number of halogens is 4. The van der Waals surface area contributed by atoms with E-state index in [1.807, 2.05) is 30.3 Å². The van der Waals surface area contributed by atoms with Gasteiger partial charge in [-0.1, -0.05) is 48.0 Å². The fraction of sp³-hybridized carbons (Fsp3) is 0.278. The lowest BCUT2D eigenvalue weighted by Crippen LogP contribution is -2.39. The van der Waals surface area contributed by atoms with Gasteiger partial charge in [0.15, 0.2) is 0 Å². The number of hydrogen-bond donors (Lipinski definition) is 1. The maximum atomic E-state index is 13.1. The van der Waals surface area contributed by atoms with Crippen LogP contribution in [-0.2, 0) is 11.0 Å². The van der Waals surface area contributed by atoms with Crippen LogP contribution in [0.2, 0.25) is 5.02 Å². The van der Waals surface area contributed by atoms with Crippen LogP contribution in [0.4, 0.5) is 13.2 Å². The molecule has 0 radical (unpaired) electrons. The minimum atomic E-state index is -4.52. The number of piperidine rings is 1. The van der Waals surface area contributed by atoms with E-state index in [-0.39, 0.29) is 16.8 Å². The number of hydrogen-bond acceptors (Lipinski definition) is 1.